The largest absolute Gasteiger partial charge is 0.467 e. The number of carbonyl (C=O) groups excluding carboxylic acids is 2. The van der Waals surface area contributed by atoms with Gasteiger partial charge in [0.15, 0.2) is 0 Å². The Morgan fingerprint density at radius 3 is 2.50 bits per heavy atom. The van der Waals surface area contributed by atoms with Crippen LogP contribution in [-0.4, -0.2) is 25.0 Å². The van der Waals surface area contributed by atoms with Gasteiger partial charge in [-0.05, 0) is 30.5 Å². The number of hydrogen-bond acceptors (Lipinski definition) is 3. The van der Waals surface area contributed by atoms with Crippen molar-refractivity contribution in [2.45, 2.75) is 26.3 Å². The molecule has 0 fully saturated rings. The molecule has 4 nitrogen and oxygen atoms in total. The Morgan fingerprint density at radius 2 is 1.95 bits per heavy atom. The van der Waals surface area contributed by atoms with E-state index < -0.39 is 17.9 Å². The van der Waals surface area contributed by atoms with Crippen molar-refractivity contribution >= 4 is 35.1 Å². The van der Waals surface area contributed by atoms with Crippen LogP contribution < -0.4 is 5.32 Å². The van der Waals surface area contributed by atoms with Crippen molar-refractivity contribution in [2.75, 3.05) is 7.11 Å². The molecule has 0 saturated heterocycles. The van der Waals surface area contributed by atoms with Crippen LogP contribution in [0.1, 0.15) is 30.6 Å². The molecule has 1 atom stereocenters. The summed E-state index contributed by atoms with van der Waals surface area (Å²) in [6.45, 7) is 3.91. The third-order valence-corrected chi connectivity index (χ3v) is 3.24. The van der Waals surface area contributed by atoms with Crippen molar-refractivity contribution in [2.24, 2.45) is 5.92 Å². The van der Waals surface area contributed by atoms with E-state index in [2.05, 4.69) is 5.32 Å². The maximum absolute atomic E-state index is 12.2. The minimum absolute atomic E-state index is 0.231. The summed E-state index contributed by atoms with van der Waals surface area (Å²) in [4.78, 5) is 23.8. The molecule has 110 valence electrons. The van der Waals surface area contributed by atoms with E-state index in [0.29, 0.717) is 11.4 Å². The van der Waals surface area contributed by atoms with E-state index in [1.165, 1.54) is 19.2 Å². The van der Waals surface area contributed by atoms with Crippen LogP contribution in [0.4, 0.5) is 0 Å². The van der Waals surface area contributed by atoms with Gasteiger partial charge in [-0.2, -0.15) is 0 Å². The van der Waals surface area contributed by atoms with E-state index >= 15 is 0 Å². The molecule has 1 N–H and O–H groups in total. The van der Waals surface area contributed by atoms with E-state index in [1.54, 1.807) is 6.07 Å². The lowest BCUT2D eigenvalue weighted by Crippen LogP contribution is -2.42. The summed E-state index contributed by atoms with van der Waals surface area (Å²) < 4.78 is 4.69. The zero-order valence-electron chi connectivity index (χ0n) is 11.6. The predicted molar refractivity (Wildman–Crippen MR) is 79.2 cm³/mol. The summed E-state index contributed by atoms with van der Waals surface area (Å²) in [5.74, 6) is -0.701. The van der Waals surface area contributed by atoms with Gasteiger partial charge in [0.2, 0.25) is 0 Å². The Hall–Kier alpha value is -1.26. The highest BCUT2D eigenvalue weighted by atomic mass is 35.5. The van der Waals surface area contributed by atoms with Crippen LogP contribution in [0.2, 0.25) is 10.0 Å². The molecule has 0 saturated carbocycles. The molecule has 0 spiro atoms. The molecule has 0 aliphatic heterocycles. The molecule has 1 rings (SSSR count). The number of methoxy groups -OCH3 is 1. The molecule has 1 amide bonds. The summed E-state index contributed by atoms with van der Waals surface area (Å²) in [6, 6.07) is 3.88. The van der Waals surface area contributed by atoms with Gasteiger partial charge in [0.1, 0.15) is 6.04 Å². The fraction of sp³-hybridized carbons (Fsp3) is 0.429. The first-order valence-corrected chi connectivity index (χ1v) is 6.94. The zero-order valence-corrected chi connectivity index (χ0v) is 13.1. The van der Waals surface area contributed by atoms with Crippen LogP contribution in [0.25, 0.3) is 0 Å². The Labute approximate surface area is 128 Å². The second kappa shape index (κ2) is 7.50. The molecule has 20 heavy (non-hydrogen) atoms. The molecule has 1 unspecified atom stereocenters. The number of esters is 1. The molecular weight excluding hydrogens is 301 g/mol. The highest BCUT2D eigenvalue weighted by Gasteiger charge is 2.24. The Bertz CT molecular complexity index is 503. The minimum atomic E-state index is -0.706. The molecule has 1 aromatic rings. The summed E-state index contributed by atoms with van der Waals surface area (Å²) in [5, 5.41) is 3.31. The standard InChI is InChI=1S/C14H17Cl2NO3/c1-8(2)6-12(14(19)20-3)17-13(18)10-7-9(15)4-5-11(10)16/h4-5,7-8,12H,6H2,1-3H3,(H,17,18). The van der Waals surface area contributed by atoms with E-state index in [0.717, 1.165) is 0 Å². The lowest BCUT2D eigenvalue weighted by molar-refractivity contribution is -0.143. The summed E-state index contributed by atoms with van der Waals surface area (Å²) in [5.41, 5.74) is 0.233. The molecular formula is C14H17Cl2NO3. The first kappa shape index (κ1) is 16.8. The van der Waals surface area contributed by atoms with Gasteiger partial charge >= 0.3 is 5.97 Å². The van der Waals surface area contributed by atoms with Crippen molar-refractivity contribution < 1.29 is 14.3 Å². The highest BCUT2D eigenvalue weighted by Crippen LogP contribution is 2.21. The molecule has 0 aromatic heterocycles. The number of nitrogens with one attached hydrogen (secondary N) is 1. The molecule has 0 bridgehead atoms. The number of amides is 1. The minimum Gasteiger partial charge on any atom is -0.467 e. The summed E-state index contributed by atoms with van der Waals surface area (Å²) in [7, 11) is 1.29. The first-order valence-electron chi connectivity index (χ1n) is 6.19. The molecule has 0 aliphatic rings. The SMILES string of the molecule is COC(=O)C(CC(C)C)NC(=O)c1cc(Cl)ccc1Cl. The predicted octanol–water partition coefficient (Wildman–Crippen LogP) is 3.31. The van der Waals surface area contributed by atoms with Gasteiger partial charge in [-0.3, -0.25) is 4.79 Å². The fourth-order valence-electron chi connectivity index (χ4n) is 1.74. The van der Waals surface area contributed by atoms with E-state index in [9.17, 15) is 9.59 Å². The third-order valence-electron chi connectivity index (χ3n) is 2.67. The van der Waals surface area contributed by atoms with E-state index in [1.807, 2.05) is 13.8 Å². The molecule has 0 radical (unpaired) electrons. The van der Waals surface area contributed by atoms with Crippen LogP contribution in [-0.2, 0) is 9.53 Å². The maximum Gasteiger partial charge on any atom is 0.328 e. The van der Waals surface area contributed by atoms with Crippen LogP contribution in [0, 0.1) is 5.92 Å². The number of rotatable bonds is 5. The lowest BCUT2D eigenvalue weighted by Gasteiger charge is -2.18. The van der Waals surface area contributed by atoms with Crippen LogP contribution in [0.3, 0.4) is 0 Å². The lowest BCUT2D eigenvalue weighted by atomic mass is 10.0. The smallest absolute Gasteiger partial charge is 0.328 e. The van der Waals surface area contributed by atoms with Gasteiger partial charge in [0.05, 0.1) is 17.7 Å². The monoisotopic (exact) mass is 317 g/mol. The number of halogens is 2. The summed E-state index contributed by atoms with van der Waals surface area (Å²) >= 11 is 11.8. The average molecular weight is 318 g/mol. The molecule has 1 aromatic carbocycles. The highest BCUT2D eigenvalue weighted by molar-refractivity contribution is 6.35. The van der Waals surface area contributed by atoms with Gasteiger partial charge in [-0.15, -0.1) is 0 Å². The van der Waals surface area contributed by atoms with Crippen molar-refractivity contribution in [3.05, 3.63) is 33.8 Å². The van der Waals surface area contributed by atoms with Crippen LogP contribution in [0.15, 0.2) is 18.2 Å². The quantitative estimate of drug-likeness (QED) is 0.848. The Balaban J connectivity index is 2.90. The van der Waals surface area contributed by atoms with Crippen molar-refractivity contribution in [1.82, 2.24) is 5.32 Å². The van der Waals surface area contributed by atoms with E-state index in [-0.39, 0.29) is 16.5 Å². The van der Waals surface area contributed by atoms with E-state index in [4.69, 9.17) is 27.9 Å². The van der Waals surface area contributed by atoms with Gasteiger partial charge in [-0.25, -0.2) is 4.79 Å². The molecule has 0 heterocycles. The fourth-order valence-corrected chi connectivity index (χ4v) is 2.11. The van der Waals surface area contributed by atoms with Gasteiger partial charge in [0, 0.05) is 5.02 Å². The maximum atomic E-state index is 12.2. The Morgan fingerprint density at radius 1 is 1.30 bits per heavy atom. The zero-order chi connectivity index (χ0) is 15.3. The van der Waals surface area contributed by atoms with Gasteiger partial charge < -0.3 is 10.1 Å². The Kier molecular flexibility index (Phi) is 6.30. The third kappa shape index (κ3) is 4.69. The van der Waals surface area contributed by atoms with Gasteiger partial charge in [0.25, 0.3) is 5.91 Å². The van der Waals surface area contributed by atoms with Crippen molar-refractivity contribution in [3.8, 4) is 0 Å². The first-order chi connectivity index (χ1) is 9.35. The van der Waals surface area contributed by atoms with Crippen molar-refractivity contribution in [1.29, 1.82) is 0 Å². The summed E-state index contributed by atoms with van der Waals surface area (Å²) in [6.07, 6.45) is 0.483. The number of hydrogen-bond donors (Lipinski definition) is 1. The van der Waals surface area contributed by atoms with Crippen molar-refractivity contribution in [3.63, 3.8) is 0 Å². The second-order valence-electron chi connectivity index (χ2n) is 4.80. The topological polar surface area (TPSA) is 55.4 Å². The molecule has 6 heteroatoms. The van der Waals surface area contributed by atoms with Gasteiger partial charge in [-0.1, -0.05) is 37.0 Å². The van der Waals surface area contributed by atoms with Crippen LogP contribution >= 0.6 is 23.2 Å². The number of benzene rings is 1. The molecule has 0 aliphatic carbocycles. The number of ether oxygens (including phenoxy) is 1. The second-order valence-corrected chi connectivity index (χ2v) is 5.65. The normalized spacial score (nSPS) is 12.1. The average Bonchev–Trinajstić information content (AvgIpc) is 2.39. The van der Waals surface area contributed by atoms with Crippen LogP contribution in [0.5, 0.6) is 0 Å². The number of carbonyl (C=O) groups is 2.